The molecule has 7 heteroatoms. The zero-order valence-electron chi connectivity index (χ0n) is 9.44. The minimum atomic E-state index is -0.572. The van der Waals surface area contributed by atoms with Crippen LogP contribution in [0.15, 0.2) is 17.1 Å². The van der Waals surface area contributed by atoms with Gasteiger partial charge in [0.15, 0.2) is 6.23 Å². The van der Waals surface area contributed by atoms with E-state index in [4.69, 9.17) is 20.3 Å². The van der Waals surface area contributed by atoms with Gasteiger partial charge in [-0.15, -0.1) is 0 Å². The van der Waals surface area contributed by atoms with Gasteiger partial charge in [-0.1, -0.05) is 0 Å². The van der Waals surface area contributed by atoms with Gasteiger partial charge in [0.25, 0.3) is 0 Å². The molecule has 1 aliphatic rings. The summed E-state index contributed by atoms with van der Waals surface area (Å²) in [7, 11) is 1.54. The van der Waals surface area contributed by atoms with E-state index in [2.05, 4.69) is 4.98 Å². The Morgan fingerprint density at radius 2 is 2.53 bits per heavy atom. The van der Waals surface area contributed by atoms with E-state index in [1.165, 1.54) is 23.9 Å². The predicted molar refractivity (Wildman–Crippen MR) is 59.3 cm³/mol. The maximum atomic E-state index is 11.7. The van der Waals surface area contributed by atoms with Gasteiger partial charge in [-0.2, -0.15) is 4.98 Å². The van der Waals surface area contributed by atoms with Gasteiger partial charge in [-0.3, -0.25) is 4.57 Å². The molecule has 0 aliphatic carbocycles. The van der Waals surface area contributed by atoms with Gasteiger partial charge in [-0.25, -0.2) is 4.79 Å². The van der Waals surface area contributed by atoms with Crippen LogP contribution in [0.25, 0.3) is 0 Å². The van der Waals surface area contributed by atoms with Crippen LogP contribution in [0.4, 0.5) is 5.82 Å². The van der Waals surface area contributed by atoms with E-state index in [1.54, 1.807) is 0 Å². The molecule has 94 valence electrons. The highest BCUT2D eigenvalue weighted by Crippen LogP contribution is 2.29. The van der Waals surface area contributed by atoms with E-state index < -0.39 is 11.9 Å². The highest BCUT2D eigenvalue weighted by atomic mass is 16.6. The summed E-state index contributed by atoms with van der Waals surface area (Å²) in [5.41, 5.74) is 4.92. The number of aliphatic hydroxyl groups is 1. The van der Waals surface area contributed by atoms with Crippen molar-refractivity contribution in [3.8, 4) is 0 Å². The molecule has 1 aliphatic heterocycles. The molecule has 3 N–H and O–H groups in total. The summed E-state index contributed by atoms with van der Waals surface area (Å²) in [5.74, 6) is 0.164. The van der Waals surface area contributed by atoms with E-state index >= 15 is 0 Å². The van der Waals surface area contributed by atoms with E-state index in [1.807, 2.05) is 0 Å². The van der Waals surface area contributed by atoms with Crippen LogP contribution in [-0.2, 0) is 9.47 Å². The Bertz CT molecular complexity index is 447. The molecular weight excluding hydrogens is 226 g/mol. The quantitative estimate of drug-likeness (QED) is 0.713. The molecule has 1 aromatic rings. The summed E-state index contributed by atoms with van der Waals surface area (Å²) in [6.45, 7) is -0.104. The maximum absolute atomic E-state index is 11.7. The number of hydrogen-bond donors (Lipinski definition) is 2. The largest absolute Gasteiger partial charge is 0.394 e. The first-order valence-electron chi connectivity index (χ1n) is 5.29. The number of rotatable bonds is 3. The summed E-state index contributed by atoms with van der Waals surface area (Å²) >= 11 is 0. The molecule has 0 spiro atoms. The molecular formula is C10H15N3O4. The number of methoxy groups -OCH3 is 1. The van der Waals surface area contributed by atoms with Gasteiger partial charge in [-0.05, 0) is 6.07 Å². The van der Waals surface area contributed by atoms with Crippen molar-refractivity contribution in [2.75, 3.05) is 19.5 Å². The number of ether oxygens (including phenoxy) is 2. The van der Waals surface area contributed by atoms with Gasteiger partial charge in [0.2, 0.25) is 0 Å². The molecule has 2 heterocycles. The lowest BCUT2D eigenvalue weighted by atomic mass is 10.2. The summed E-state index contributed by atoms with van der Waals surface area (Å²) < 4.78 is 12.1. The Kier molecular flexibility index (Phi) is 3.41. The van der Waals surface area contributed by atoms with Crippen molar-refractivity contribution in [1.29, 1.82) is 0 Å². The Morgan fingerprint density at radius 3 is 3.12 bits per heavy atom. The lowest BCUT2D eigenvalue weighted by Gasteiger charge is -2.19. The monoisotopic (exact) mass is 241 g/mol. The molecule has 1 aromatic heterocycles. The van der Waals surface area contributed by atoms with Gasteiger partial charge < -0.3 is 20.3 Å². The molecule has 0 aromatic carbocycles. The van der Waals surface area contributed by atoms with Gasteiger partial charge in [0.05, 0.1) is 12.7 Å². The van der Waals surface area contributed by atoms with Crippen LogP contribution in [-0.4, -0.2) is 40.6 Å². The second-order valence-electron chi connectivity index (χ2n) is 3.88. The van der Waals surface area contributed by atoms with E-state index in [-0.39, 0.29) is 24.6 Å². The Morgan fingerprint density at radius 1 is 1.76 bits per heavy atom. The van der Waals surface area contributed by atoms with Crippen LogP contribution in [0.2, 0.25) is 0 Å². The third kappa shape index (κ3) is 2.31. The SMILES string of the molecule is CO[C@@H]1C[C@@H](CO)O[C@H]1n1ccc(N)nc1=O. The van der Waals surface area contributed by atoms with Crippen molar-refractivity contribution in [2.24, 2.45) is 0 Å². The van der Waals surface area contributed by atoms with Crippen LogP contribution in [0.5, 0.6) is 0 Å². The van der Waals surface area contributed by atoms with Crippen molar-refractivity contribution in [3.63, 3.8) is 0 Å². The van der Waals surface area contributed by atoms with Crippen molar-refractivity contribution in [1.82, 2.24) is 9.55 Å². The number of nitrogens with zero attached hydrogens (tertiary/aromatic N) is 2. The number of aromatic nitrogens is 2. The maximum Gasteiger partial charge on any atom is 0.351 e. The summed E-state index contributed by atoms with van der Waals surface area (Å²) in [4.78, 5) is 15.3. The molecule has 1 fully saturated rings. The molecule has 17 heavy (non-hydrogen) atoms. The number of nitrogens with two attached hydrogens (primary N) is 1. The van der Waals surface area contributed by atoms with E-state index in [9.17, 15) is 4.79 Å². The molecule has 0 bridgehead atoms. The van der Waals surface area contributed by atoms with E-state index in [0.717, 1.165) is 0 Å². The molecule has 1 saturated heterocycles. The topological polar surface area (TPSA) is 99.6 Å². The normalized spacial score (nSPS) is 28.5. The first-order valence-corrected chi connectivity index (χ1v) is 5.29. The highest BCUT2D eigenvalue weighted by Gasteiger charge is 2.36. The zero-order valence-corrected chi connectivity index (χ0v) is 9.44. The lowest BCUT2D eigenvalue weighted by Crippen LogP contribution is -2.32. The summed E-state index contributed by atoms with van der Waals surface area (Å²) in [6, 6.07) is 1.52. The zero-order chi connectivity index (χ0) is 12.4. The van der Waals surface area contributed by atoms with Crippen molar-refractivity contribution in [2.45, 2.75) is 24.9 Å². The van der Waals surface area contributed by atoms with Gasteiger partial charge in [0, 0.05) is 19.7 Å². The Hall–Kier alpha value is -1.44. The van der Waals surface area contributed by atoms with Crippen molar-refractivity contribution >= 4 is 5.82 Å². The second-order valence-corrected chi connectivity index (χ2v) is 3.88. The average molecular weight is 241 g/mol. The molecule has 2 rings (SSSR count). The Labute approximate surface area is 97.8 Å². The average Bonchev–Trinajstić information content (AvgIpc) is 2.72. The molecule has 0 saturated carbocycles. The number of anilines is 1. The van der Waals surface area contributed by atoms with E-state index in [0.29, 0.717) is 6.42 Å². The Balaban J connectivity index is 2.29. The molecule has 0 amide bonds. The van der Waals surface area contributed by atoms with Gasteiger partial charge >= 0.3 is 5.69 Å². The second kappa shape index (κ2) is 4.82. The van der Waals surface area contributed by atoms with Crippen LogP contribution >= 0.6 is 0 Å². The predicted octanol–water partition coefficient (Wildman–Crippen LogP) is -0.880. The van der Waals surface area contributed by atoms with Crippen molar-refractivity contribution in [3.05, 3.63) is 22.7 Å². The lowest BCUT2D eigenvalue weighted by molar-refractivity contribution is -0.0624. The number of aliphatic hydroxyl groups excluding tert-OH is 1. The minimum Gasteiger partial charge on any atom is -0.394 e. The summed E-state index contributed by atoms with van der Waals surface area (Å²) in [6.07, 6.45) is 0.873. The van der Waals surface area contributed by atoms with Crippen LogP contribution in [0.3, 0.4) is 0 Å². The minimum absolute atomic E-state index is 0.104. The fourth-order valence-electron chi connectivity index (χ4n) is 1.91. The first-order chi connectivity index (χ1) is 8.15. The number of nitrogen functional groups attached to an aromatic ring is 1. The smallest absolute Gasteiger partial charge is 0.351 e. The van der Waals surface area contributed by atoms with Crippen LogP contribution < -0.4 is 11.4 Å². The van der Waals surface area contributed by atoms with Crippen LogP contribution in [0, 0.1) is 0 Å². The molecule has 0 radical (unpaired) electrons. The van der Waals surface area contributed by atoms with Crippen molar-refractivity contribution < 1.29 is 14.6 Å². The fraction of sp³-hybridized carbons (Fsp3) is 0.600. The van der Waals surface area contributed by atoms with Gasteiger partial charge in [0.1, 0.15) is 11.9 Å². The fourth-order valence-corrected chi connectivity index (χ4v) is 1.91. The number of hydrogen-bond acceptors (Lipinski definition) is 6. The molecule has 7 nitrogen and oxygen atoms in total. The first kappa shape index (κ1) is 12.0. The molecule has 3 atom stereocenters. The third-order valence-corrected chi connectivity index (χ3v) is 2.78. The molecule has 0 unspecified atom stereocenters. The third-order valence-electron chi connectivity index (χ3n) is 2.78. The highest BCUT2D eigenvalue weighted by molar-refractivity contribution is 5.23. The van der Waals surface area contributed by atoms with Crippen LogP contribution in [0.1, 0.15) is 12.6 Å². The standard InChI is InChI=1S/C10H15N3O4/c1-16-7-4-6(5-14)17-9(7)13-3-2-8(11)12-10(13)15/h2-3,6-7,9,14H,4-5H2,1H3,(H2,11,12,15)/t6-,7+,9+/m0/s1. The summed E-state index contributed by atoms with van der Waals surface area (Å²) in [5, 5.41) is 9.05.